The van der Waals surface area contributed by atoms with Crippen LogP contribution in [0, 0.1) is 0 Å². The van der Waals surface area contributed by atoms with E-state index in [-0.39, 0.29) is 0 Å². The first-order valence-electron chi connectivity index (χ1n) is 4.76. The topological polar surface area (TPSA) is 78.9 Å². The van der Waals surface area contributed by atoms with Gasteiger partial charge in [0.25, 0.3) is 0 Å². The van der Waals surface area contributed by atoms with Crippen molar-refractivity contribution in [2.24, 2.45) is 0 Å². The highest BCUT2D eigenvalue weighted by Crippen LogP contribution is 2.46. The van der Waals surface area contributed by atoms with E-state index in [1.807, 2.05) is 0 Å². The minimum atomic E-state index is -6.57. The number of ether oxygens (including phenoxy) is 1. The Bertz CT molecular complexity index is 512. The number of hydrogen-bond donors (Lipinski definition) is 0. The first-order chi connectivity index (χ1) is 9.20. The number of rotatable bonds is 4. The van der Waals surface area contributed by atoms with Crippen LogP contribution in [0.5, 0.6) is 0 Å². The number of halogens is 7. The quantitative estimate of drug-likeness (QED) is 0.557. The lowest BCUT2D eigenvalue weighted by atomic mass is 10.2. The Morgan fingerprint density at radius 2 is 1.67 bits per heavy atom. The zero-order valence-corrected chi connectivity index (χ0v) is 10.3. The minimum Gasteiger partial charge on any atom is -0.457 e. The summed E-state index contributed by atoms with van der Waals surface area (Å²) in [6.07, 6.45) is -8.63. The number of carbonyl (C=O) groups excluding carboxylic acids is 1. The molecule has 0 N–H and O–H groups in total. The van der Waals surface area contributed by atoms with Crippen molar-refractivity contribution < 1.29 is 57.0 Å². The molecular weight excluding hydrogens is 345 g/mol. The highest BCUT2D eigenvalue weighted by Gasteiger charge is 2.73. The maximum absolute atomic E-state index is 12.8. The molecule has 21 heavy (non-hydrogen) atoms. The van der Waals surface area contributed by atoms with Crippen LogP contribution in [-0.2, 0) is 28.3 Å². The van der Waals surface area contributed by atoms with E-state index >= 15 is 0 Å². The molecule has 0 radical (unpaired) electrons. The van der Waals surface area contributed by atoms with Gasteiger partial charge in [0, 0.05) is 0 Å². The standard InChI is InChI=1S/C7H5F7O6S/c8-5(9,6(10,11)7(12,13)14)2-18-4(15)3-1-19-21(16,17)20-3/h3H,1-2H2. The van der Waals surface area contributed by atoms with Crippen LogP contribution in [0.15, 0.2) is 0 Å². The van der Waals surface area contributed by atoms with Crippen LogP contribution in [0.4, 0.5) is 30.7 Å². The molecule has 0 spiro atoms. The molecule has 0 amide bonds. The normalized spacial score (nSPS) is 23.1. The summed E-state index contributed by atoms with van der Waals surface area (Å²) >= 11 is 0. The molecule has 1 saturated heterocycles. The molecule has 1 unspecified atom stereocenters. The number of hydrogen-bond acceptors (Lipinski definition) is 6. The number of carbonyl (C=O) groups is 1. The zero-order valence-electron chi connectivity index (χ0n) is 9.50. The van der Waals surface area contributed by atoms with E-state index in [0.29, 0.717) is 0 Å². The first-order valence-corrected chi connectivity index (χ1v) is 6.09. The molecule has 1 fully saturated rings. The highest BCUT2D eigenvalue weighted by atomic mass is 32.3. The molecule has 0 bridgehead atoms. The monoisotopic (exact) mass is 350 g/mol. The number of esters is 1. The van der Waals surface area contributed by atoms with E-state index in [1.54, 1.807) is 0 Å². The summed E-state index contributed by atoms with van der Waals surface area (Å²) in [5.74, 6) is -14.1. The third kappa shape index (κ3) is 3.74. The van der Waals surface area contributed by atoms with Gasteiger partial charge in [0.15, 0.2) is 6.61 Å². The summed E-state index contributed by atoms with van der Waals surface area (Å²) < 4.78 is 118. The van der Waals surface area contributed by atoms with Crippen molar-refractivity contribution in [3.05, 3.63) is 0 Å². The predicted molar refractivity (Wildman–Crippen MR) is 46.7 cm³/mol. The fourth-order valence-corrected chi connectivity index (χ4v) is 1.77. The van der Waals surface area contributed by atoms with Gasteiger partial charge < -0.3 is 4.74 Å². The van der Waals surface area contributed by atoms with Crippen molar-refractivity contribution in [3.8, 4) is 0 Å². The molecular formula is C7H5F7O6S. The summed E-state index contributed by atoms with van der Waals surface area (Å²) in [6, 6.07) is 0. The van der Waals surface area contributed by atoms with Crippen LogP contribution in [0.1, 0.15) is 0 Å². The molecule has 0 aromatic rings. The third-order valence-corrected chi connectivity index (χ3v) is 2.96. The Balaban J connectivity index is 2.68. The Morgan fingerprint density at radius 1 is 1.14 bits per heavy atom. The molecule has 0 aromatic carbocycles. The minimum absolute atomic E-state index is 0.984. The van der Waals surface area contributed by atoms with E-state index in [2.05, 4.69) is 13.1 Å². The summed E-state index contributed by atoms with van der Waals surface area (Å²) in [5, 5.41) is 0. The second kappa shape index (κ2) is 5.24. The maximum atomic E-state index is 12.8. The Labute approximate surface area is 112 Å². The predicted octanol–water partition coefficient (Wildman–Crippen LogP) is 1.02. The lowest BCUT2D eigenvalue weighted by molar-refractivity contribution is -0.360. The molecule has 0 aromatic heterocycles. The molecule has 6 nitrogen and oxygen atoms in total. The molecule has 124 valence electrons. The third-order valence-electron chi connectivity index (χ3n) is 2.07. The summed E-state index contributed by atoms with van der Waals surface area (Å²) in [6.45, 7) is -3.61. The van der Waals surface area contributed by atoms with Gasteiger partial charge in [0.2, 0.25) is 6.10 Å². The van der Waals surface area contributed by atoms with E-state index < -0.39 is 53.7 Å². The van der Waals surface area contributed by atoms with Crippen LogP contribution in [0.2, 0.25) is 0 Å². The van der Waals surface area contributed by atoms with Crippen molar-refractivity contribution in [1.29, 1.82) is 0 Å². The average Bonchev–Trinajstić information content (AvgIpc) is 2.65. The van der Waals surface area contributed by atoms with Gasteiger partial charge in [-0.3, -0.25) is 0 Å². The Morgan fingerprint density at radius 3 is 2.05 bits per heavy atom. The van der Waals surface area contributed by atoms with Gasteiger partial charge in [-0.2, -0.15) is 39.2 Å². The molecule has 1 rings (SSSR count). The lowest BCUT2D eigenvalue weighted by Gasteiger charge is -2.27. The maximum Gasteiger partial charge on any atom is 0.460 e. The smallest absolute Gasteiger partial charge is 0.457 e. The first kappa shape index (κ1) is 17.9. The second-order valence-corrected chi connectivity index (χ2v) is 4.91. The molecule has 1 aliphatic heterocycles. The van der Waals surface area contributed by atoms with Gasteiger partial charge in [-0.05, 0) is 0 Å². The summed E-state index contributed by atoms with van der Waals surface area (Å²) in [7, 11) is -4.56. The Hall–Kier alpha value is -1.15. The Kier molecular flexibility index (Phi) is 4.47. The van der Waals surface area contributed by atoms with Crippen LogP contribution in [0.25, 0.3) is 0 Å². The van der Waals surface area contributed by atoms with Crippen LogP contribution in [-0.4, -0.2) is 51.7 Å². The van der Waals surface area contributed by atoms with Gasteiger partial charge in [-0.15, -0.1) is 0 Å². The second-order valence-electron chi connectivity index (χ2n) is 3.66. The van der Waals surface area contributed by atoms with Gasteiger partial charge in [0.1, 0.15) is 6.61 Å². The van der Waals surface area contributed by atoms with Crippen molar-refractivity contribution in [2.75, 3.05) is 13.2 Å². The largest absolute Gasteiger partial charge is 0.460 e. The van der Waals surface area contributed by atoms with Gasteiger partial charge >= 0.3 is 34.4 Å². The lowest BCUT2D eigenvalue weighted by Crippen LogP contribution is -2.54. The number of alkyl halides is 7. The fourth-order valence-electron chi connectivity index (χ4n) is 1.00. The van der Waals surface area contributed by atoms with E-state index in [1.165, 1.54) is 0 Å². The molecule has 0 aliphatic carbocycles. The summed E-state index contributed by atoms with van der Waals surface area (Å²) in [5.41, 5.74) is 0. The van der Waals surface area contributed by atoms with Gasteiger partial charge in [0.05, 0.1) is 0 Å². The zero-order chi connectivity index (χ0) is 16.7. The highest BCUT2D eigenvalue weighted by molar-refractivity contribution is 7.82. The fraction of sp³-hybridized carbons (Fsp3) is 0.857. The molecule has 14 heteroatoms. The molecule has 1 heterocycles. The van der Waals surface area contributed by atoms with Gasteiger partial charge in [-0.1, -0.05) is 0 Å². The van der Waals surface area contributed by atoms with Crippen molar-refractivity contribution in [1.82, 2.24) is 0 Å². The van der Waals surface area contributed by atoms with Crippen LogP contribution in [0.3, 0.4) is 0 Å². The van der Waals surface area contributed by atoms with Gasteiger partial charge in [-0.25, -0.2) is 13.2 Å². The molecule has 1 aliphatic rings. The van der Waals surface area contributed by atoms with E-state index in [0.717, 1.165) is 0 Å². The molecule has 1 atom stereocenters. The van der Waals surface area contributed by atoms with Crippen molar-refractivity contribution in [2.45, 2.75) is 24.1 Å². The van der Waals surface area contributed by atoms with Crippen molar-refractivity contribution in [3.63, 3.8) is 0 Å². The van der Waals surface area contributed by atoms with Crippen molar-refractivity contribution >= 4 is 16.4 Å². The average molecular weight is 350 g/mol. The molecule has 0 saturated carbocycles. The summed E-state index contributed by atoms with van der Waals surface area (Å²) in [4.78, 5) is 11.0. The van der Waals surface area contributed by atoms with Crippen LogP contribution >= 0.6 is 0 Å². The van der Waals surface area contributed by atoms with E-state index in [9.17, 15) is 43.9 Å². The SMILES string of the molecule is O=C(OCC(F)(F)C(F)(F)C(F)(F)F)C1COS(=O)(=O)O1. The van der Waals surface area contributed by atoms with E-state index in [4.69, 9.17) is 0 Å². The van der Waals surface area contributed by atoms with Crippen LogP contribution < -0.4 is 0 Å².